The fourth-order valence-electron chi connectivity index (χ4n) is 2.28. The molecule has 16 heavy (non-hydrogen) atoms. The molecule has 2 aliphatic rings. The van der Waals surface area contributed by atoms with E-state index in [0.29, 0.717) is 5.91 Å². The Bertz CT molecular complexity index is 241. The van der Waals surface area contributed by atoms with Crippen molar-refractivity contribution in [1.82, 2.24) is 10.2 Å². The number of amides is 1. The predicted octanol–water partition coefficient (Wildman–Crippen LogP) is 0.623. The number of rotatable bonds is 4. The third-order valence-electron chi connectivity index (χ3n) is 3.38. The number of ether oxygens (including phenoxy) is 1. The Labute approximate surface area is 97.3 Å². The predicted molar refractivity (Wildman–Crippen MR) is 62.2 cm³/mol. The first-order chi connectivity index (χ1) is 7.81. The minimum Gasteiger partial charge on any atom is -0.376 e. The molecule has 0 spiro atoms. The molecule has 2 heterocycles. The van der Waals surface area contributed by atoms with Gasteiger partial charge in [-0.1, -0.05) is 6.92 Å². The van der Waals surface area contributed by atoms with Crippen molar-refractivity contribution in [2.45, 2.75) is 32.3 Å². The molecule has 0 aromatic rings. The van der Waals surface area contributed by atoms with Crippen LogP contribution >= 0.6 is 0 Å². The van der Waals surface area contributed by atoms with Gasteiger partial charge in [0.1, 0.15) is 0 Å². The summed E-state index contributed by atoms with van der Waals surface area (Å²) in [5.74, 6) is 0.550. The first-order valence-electron chi connectivity index (χ1n) is 6.42. The summed E-state index contributed by atoms with van der Waals surface area (Å²) in [7, 11) is 0. The second kappa shape index (κ2) is 5.64. The third-order valence-corrected chi connectivity index (χ3v) is 3.38. The van der Waals surface area contributed by atoms with E-state index >= 15 is 0 Å². The molecular formula is C12H22N2O2. The molecule has 4 heteroatoms. The van der Waals surface area contributed by atoms with Gasteiger partial charge in [-0.3, -0.25) is 4.79 Å². The van der Waals surface area contributed by atoms with Crippen molar-refractivity contribution in [3.05, 3.63) is 0 Å². The highest BCUT2D eigenvalue weighted by Crippen LogP contribution is 2.17. The van der Waals surface area contributed by atoms with Gasteiger partial charge in [0.2, 0.25) is 5.91 Å². The maximum absolute atomic E-state index is 12.0. The fourth-order valence-corrected chi connectivity index (χ4v) is 2.28. The molecule has 1 unspecified atom stereocenters. The standard InChI is InChI=1S/C12H22N2O2/c1-2-6-16-11-4-3-5-14(9-11)12(15)10-7-13-8-10/h10-11,13H,2-9H2,1H3. The molecule has 2 saturated heterocycles. The van der Waals surface area contributed by atoms with E-state index in [1.807, 2.05) is 4.90 Å². The Morgan fingerprint density at radius 3 is 2.94 bits per heavy atom. The molecule has 0 aliphatic carbocycles. The topological polar surface area (TPSA) is 41.6 Å². The van der Waals surface area contributed by atoms with Crippen LogP contribution in [0.25, 0.3) is 0 Å². The second-order valence-electron chi connectivity index (χ2n) is 4.77. The van der Waals surface area contributed by atoms with E-state index in [9.17, 15) is 4.79 Å². The molecule has 4 nitrogen and oxygen atoms in total. The first kappa shape index (κ1) is 11.9. The lowest BCUT2D eigenvalue weighted by Crippen LogP contribution is -2.54. The highest BCUT2D eigenvalue weighted by Gasteiger charge is 2.32. The molecule has 0 aromatic heterocycles. The van der Waals surface area contributed by atoms with Gasteiger partial charge in [0.05, 0.1) is 12.0 Å². The van der Waals surface area contributed by atoms with E-state index in [1.54, 1.807) is 0 Å². The van der Waals surface area contributed by atoms with Crippen molar-refractivity contribution >= 4 is 5.91 Å². The van der Waals surface area contributed by atoms with Crippen LogP contribution in [0.3, 0.4) is 0 Å². The Hall–Kier alpha value is -0.610. The van der Waals surface area contributed by atoms with Gasteiger partial charge in [-0.2, -0.15) is 0 Å². The molecule has 0 radical (unpaired) electrons. The molecule has 1 N–H and O–H groups in total. The average Bonchev–Trinajstić information content (AvgIpc) is 2.24. The molecule has 1 atom stereocenters. The fraction of sp³-hybridized carbons (Fsp3) is 0.917. The van der Waals surface area contributed by atoms with Crippen molar-refractivity contribution in [1.29, 1.82) is 0 Å². The van der Waals surface area contributed by atoms with Crippen LogP contribution in [-0.4, -0.2) is 49.7 Å². The van der Waals surface area contributed by atoms with Crippen molar-refractivity contribution in [3.63, 3.8) is 0 Å². The second-order valence-corrected chi connectivity index (χ2v) is 4.77. The number of piperidine rings is 1. The average molecular weight is 226 g/mol. The number of hydrogen-bond acceptors (Lipinski definition) is 3. The molecule has 2 fully saturated rings. The number of nitrogens with one attached hydrogen (secondary N) is 1. The molecular weight excluding hydrogens is 204 g/mol. The Morgan fingerprint density at radius 2 is 2.31 bits per heavy atom. The van der Waals surface area contributed by atoms with Crippen molar-refractivity contribution in [3.8, 4) is 0 Å². The highest BCUT2D eigenvalue weighted by molar-refractivity contribution is 5.80. The zero-order chi connectivity index (χ0) is 11.4. The zero-order valence-electron chi connectivity index (χ0n) is 10.1. The molecule has 2 rings (SSSR count). The summed E-state index contributed by atoms with van der Waals surface area (Å²) in [6, 6.07) is 0. The van der Waals surface area contributed by atoms with Crippen LogP contribution in [0.4, 0.5) is 0 Å². The van der Waals surface area contributed by atoms with Gasteiger partial charge in [-0.05, 0) is 19.3 Å². The van der Waals surface area contributed by atoms with E-state index in [1.165, 1.54) is 0 Å². The van der Waals surface area contributed by atoms with Crippen LogP contribution in [0.2, 0.25) is 0 Å². The lowest BCUT2D eigenvalue weighted by atomic mass is 9.99. The van der Waals surface area contributed by atoms with Crippen molar-refractivity contribution in [2.24, 2.45) is 5.92 Å². The number of hydrogen-bond donors (Lipinski definition) is 1. The van der Waals surface area contributed by atoms with E-state index in [0.717, 1.165) is 52.0 Å². The van der Waals surface area contributed by atoms with Crippen molar-refractivity contribution in [2.75, 3.05) is 32.8 Å². The third kappa shape index (κ3) is 2.74. The summed E-state index contributed by atoms with van der Waals surface area (Å²) in [5, 5.41) is 3.15. The molecule has 0 bridgehead atoms. The number of carbonyl (C=O) groups is 1. The van der Waals surface area contributed by atoms with Gasteiger partial charge in [0.25, 0.3) is 0 Å². The van der Waals surface area contributed by atoms with Crippen LogP contribution in [0.5, 0.6) is 0 Å². The monoisotopic (exact) mass is 226 g/mol. The first-order valence-corrected chi connectivity index (χ1v) is 6.42. The summed E-state index contributed by atoms with van der Waals surface area (Å²) in [4.78, 5) is 14.0. The summed E-state index contributed by atoms with van der Waals surface area (Å²) in [6.45, 7) is 6.37. The summed E-state index contributed by atoms with van der Waals surface area (Å²) in [6.07, 6.45) is 3.51. The summed E-state index contributed by atoms with van der Waals surface area (Å²) < 4.78 is 5.73. The quantitative estimate of drug-likeness (QED) is 0.764. The molecule has 0 aromatic carbocycles. The Balaban J connectivity index is 1.78. The zero-order valence-corrected chi connectivity index (χ0v) is 10.1. The smallest absolute Gasteiger partial charge is 0.228 e. The maximum atomic E-state index is 12.0. The number of carbonyl (C=O) groups excluding carboxylic acids is 1. The Morgan fingerprint density at radius 1 is 1.50 bits per heavy atom. The van der Waals surface area contributed by atoms with E-state index in [4.69, 9.17) is 4.74 Å². The summed E-state index contributed by atoms with van der Waals surface area (Å²) in [5.41, 5.74) is 0. The van der Waals surface area contributed by atoms with E-state index in [2.05, 4.69) is 12.2 Å². The van der Waals surface area contributed by atoms with Crippen molar-refractivity contribution < 1.29 is 9.53 Å². The largest absolute Gasteiger partial charge is 0.376 e. The van der Waals surface area contributed by atoms with Crippen LogP contribution < -0.4 is 5.32 Å². The number of nitrogens with zero attached hydrogens (tertiary/aromatic N) is 1. The molecule has 92 valence electrons. The maximum Gasteiger partial charge on any atom is 0.228 e. The number of likely N-dealkylation sites (tertiary alicyclic amines) is 1. The van der Waals surface area contributed by atoms with E-state index in [-0.39, 0.29) is 12.0 Å². The molecule has 0 saturated carbocycles. The van der Waals surface area contributed by atoms with Gasteiger partial charge < -0.3 is 15.0 Å². The van der Waals surface area contributed by atoms with Gasteiger partial charge in [0.15, 0.2) is 0 Å². The lowest BCUT2D eigenvalue weighted by molar-refractivity contribution is -0.141. The summed E-state index contributed by atoms with van der Waals surface area (Å²) >= 11 is 0. The van der Waals surface area contributed by atoms with E-state index < -0.39 is 0 Å². The van der Waals surface area contributed by atoms with Gasteiger partial charge in [-0.15, -0.1) is 0 Å². The van der Waals surface area contributed by atoms with Crippen LogP contribution in [0, 0.1) is 5.92 Å². The van der Waals surface area contributed by atoms with Crippen LogP contribution in [0.15, 0.2) is 0 Å². The van der Waals surface area contributed by atoms with Gasteiger partial charge in [-0.25, -0.2) is 0 Å². The minimum atomic E-state index is 0.227. The van der Waals surface area contributed by atoms with Gasteiger partial charge in [0, 0.05) is 32.8 Å². The van der Waals surface area contributed by atoms with Crippen LogP contribution in [-0.2, 0) is 9.53 Å². The molecule has 1 amide bonds. The normalized spacial score (nSPS) is 26.6. The SMILES string of the molecule is CCCOC1CCCN(C(=O)C2CNC2)C1. The Kier molecular flexibility index (Phi) is 4.18. The highest BCUT2D eigenvalue weighted by atomic mass is 16.5. The lowest BCUT2D eigenvalue weighted by Gasteiger charge is -2.37. The van der Waals surface area contributed by atoms with Gasteiger partial charge >= 0.3 is 0 Å². The minimum absolute atomic E-state index is 0.227. The van der Waals surface area contributed by atoms with Crippen LogP contribution in [0.1, 0.15) is 26.2 Å². The molecule has 2 aliphatic heterocycles.